The molecular formula is C14H10Br2Cl2. The van der Waals surface area contributed by atoms with Crippen LogP contribution in [-0.2, 0) is 0 Å². The summed E-state index contributed by atoms with van der Waals surface area (Å²) in [6, 6.07) is 11.9. The fourth-order valence-electron chi connectivity index (χ4n) is 1.72. The molecule has 0 aromatic heterocycles. The molecule has 0 bridgehead atoms. The molecule has 0 spiro atoms. The minimum absolute atomic E-state index is 0.0848. The van der Waals surface area contributed by atoms with Gasteiger partial charge in [0.15, 0.2) is 0 Å². The first kappa shape index (κ1) is 14.4. The van der Waals surface area contributed by atoms with E-state index in [2.05, 4.69) is 50.9 Å². The van der Waals surface area contributed by atoms with Crippen LogP contribution in [0.3, 0.4) is 0 Å². The summed E-state index contributed by atoms with van der Waals surface area (Å²) in [5.41, 5.74) is 3.46. The van der Waals surface area contributed by atoms with Gasteiger partial charge in [-0.2, -0.15) is 0 Å². The summed E-state index contributed by atoms with van der Waals surface area (Å²) in [4.78, 5) is 0.0848. The van der Waals surface area contributed by atoms with Crippen LogP contribution in [-0.4, -0.2) is 0 Å². The van der Waals surface area contributed by atoms with Crippen molar-refractivity contribution in [2.45, 2.75) is 11.8 Å². The second-order valence-electron chi connectivity index (χ2n) is 4.01. The number of hydrogen-bond acceptors (Lipinski definition) is 0. The third-order valence-corrected chi connectivity index (χ3v) is 5.58. The van der Waals surface area contributed by atoms with Crippen LogP contribution in [0.2, 0.25) is 10.0 Å². The summed E-state index contributed by atoms with van der Waals surface area (Å²) < 4.78 is 1.11. The zero-order valence-electron chi connectivity index (χ0n) is 9.55. The van der Waals surface area contributed by atoms with Crippen molar-refractivity contribution in [1.29, 1.82) is 0 Å². The van der Waals surface area contributed by atoms with Crippen LogP contribution in [0.5, 0.6) is 0 Å². The Kier molecular flexibility index (Phi) is 4.76. The Bertz CT molecular complexity index is 582. The quantitative estimate of drug-likeness (QED) is 0.494. The normalized spacial score (nSPS) is 12.5. The number of rotatable bonds is 2. The van der Waals surface area contributed by atoms with Crippen molar-refractivity contribution in [3.8, 4) is 0 Å². The van der Waals surface area contributed by atoms with Gasteiger partial charge in [-0.1, -0.05) is 79.3 Å². The van der Waals surface area contributed by atoms with Gasteiger partial charge < -0.3 is 0 Å². The second-order valence-corrected chi connectivity index (χ2v) is 6.54. The van der Waals surface area contributed by atoms with Crippen molar-refractivity contribution < 1.29 is 0 Å². The highest BCUT2D eigenvalue weighted by Crippen LogP contribution is 2.38. The lowest BCUT2D eigenvalue weighted by Gasteiger charge is -2.14. The molecule has 18 heavy (non-hydrogen) atoms. The topological polar surface area (TPSA) is 0 Å². The van der Waals surface area contributed by atoms with Crippen LogP contribution in [0.25, 0.3) is 0 Å². The Labute approximate surface area is 134 Å². The van der Waals surface area contributed by atoms with Crippen molar-refractivity contribution in [1.82, 2.24) is 0 Å². The van der Waals surface area contributed by atoms with Gasteiger partial charge in [0.25, 0.3) is 0 Å². The highest BCUT2D eigenvalue weighted by Gasteiger charge is 2.15. The first-order valence-electron chi connectivity index (χ1n) is 5.34. The molecule has 0 amide bonds. The molecule has 0 heterocycles. The van der Waals surface area contributed by atoms with Gasteiger partial charge in [-0.3, -0.25) is 0 Å². The van der Waals surface area contributed by atoms with Crippen molar-refractivity contribution >= 4 is 55.1 Å². The first-order valence-corrected chi connectivity index (χ1v) is 7.81. The second kappa shape index (κ2) is 5.96. The van der Waals surface area contributed by atoms with Gasteiger partial charge in [0.2, 0.25) is 0 Å². The van der Waals surface area contributed by atoms with E-state index in [1.165, 1.54) is 11.1 Å². The van der Waals surface area contributed by atoms with Gasteiger partial charge in [-0.05, 0) is 35.7 Å². The average molecular weight is 409 g/mol. The first-order chi connectivity index (χ1) is 8.50. The van der Waals surface area contributed by atoms with Crippen LogP contribution in [0.15, 0.2) is 40.9 Å². The van der Waals surface area contributed by atoms with Crippen LogP contribution in [0, 0.1) is 6.92 Å². The van der Waals surface area contributed by atoms with Crippen molar-refractivity contribution in [2.75, 3.05) is 0 Å². The zero-order valence-corrected chi connectivity index (χ0v) is 14.2. The molecule has 2 aromatic rings. The smallest absolute Gasteiger partial charge is 0.0656 e. The van der Waals surface area contributed by atoms with Gasteiger partial charge in [-0.25, -0.2) is 0 Å². The molecule has 0 radical (unpaired) electrons. The summed E-state index contributed by atoms with van der Waals surface area (Å²) in [6.45, 7) is 2.07. The monoisotopic (exact) mass is 406 g/mol. The predicted octanol–water partition coefficient (Wildman–Crippen LogP) is 6.55. The van der Waals surface area contributed by atoms with Gasteiger partial charge in [0, 0.05) is 4.47 Å². The zero-order chi connectivity index (χ0) is 13.3. The molecule has 1 unspecified atom stereocenters. The molecule has 0 N–H and O–H groups in total. The van der Waals surface area contributed by atoms with Crippen LogP contribution < -0.4 is 0 Å². The van der Waals surface area contributed by atoms with Crippen LogP contribution >= 0.6 is 55.1 Å². The van der Waals surface area contributed by atoms with Crippen molar-refractivity contribution in [2.24, 2.45) is 0 Å². The van der Waals surface area contributed by atoms with Crippen molar-refractivity contribution in [3.05, 3.63) is 67.6 Å². The Morgan fingerprint density at radius 2 is 1.78 bits per heavy atom. The SMILES string of the molecule is Cc1cccc(C(Br)c2ccc(Cl)c(Cl)c2)c1Br. The molecule has 0 aliphatic heterocycles. The molecule has 4 heteroatoms. The largest absolute Gasteiger partial charge is 0.0827 e. The lowest BCUT2D eigenvalue weighted by molar-refractivity contribution is 1.15. The highest BCUT2D eigenvalue weighted by atomic mass is 79.9. The average Bonchev–Trinajstić information content (AvgIpc) is 2.35. The third-order valence-electron chi connectivity index (χ3n) is 2.73. The van der Waals surface area contributed by atoms with E-state index in [-0.39, 0.29) is 4.83 Å². The maximum Gasteiger partial charge on any atom is 0.0656 e. The molecule has 94 valence electrons. The van der Waals surface area contributed by atoms with Gasteiger partial charge in [0.1, 0.15) is 0 Å². The van der Waals surface area contributed by atoms with E-state index < -0.39 is 0 Å². The molecular weight excluding hydrogens is 399 g/mol. The van der Waals surface area contributed by atoms with Crippen LogP contribution in [0.1, 0.15) is 21.5 Å². The van der Waals surface area contributed by atoms with E-state index in [1.807, 2.05) is 24.3 Å². The summed E-state index contributed by atoms with van der Waals surface area (Å²) in [5, 5.41) is 1.14. The Balaban J connectivity index is 2.44. The fourth-order valence-corrected chi connectivity index (χ4v) is 3.49. The molecule has 0 saturated heterocycles. The Hall–Kier alpha value is -0.0200. The molecule has 0 saturated carbocycles. The maximum atomic E-state index is 6.05. The molecule has 0 nitrogen and oxygen atoms in total. The summed E-state index contributed by atoms with van der Waals surface area (Å²) in [5.74, 6) is 0. The van der Waals surface area contributed by atoms with E-state index >= 15 is 0 Å². The Morgan fingerprint density at radius 3 is 2.44 bits per heavy atom. The molecule has 0 aliphatic rings. The third kappa shape index (κ3) is 2.93. The van der Waals surface area contributed by atoms with E-state index in [9.17, 15) is 0 Å². The van der Waals surface area contributed by atoms with Gasteiger partial charge in [-0.15, -0.1) is 0 Å². The van der Waals surface area contributed by atoms with E-state index in [0.717, 1.165) is 10.0 Å². The molecule has 2 rings (SSSR count). The van der Waals surface area contributed by atoms with Crippen LogP contribution in [0.4, 0.5) is 0 Å². The predicted molar refractivity (Wildman–Crippen MR) is 86.1 cm³/mol. The molecule has 1 atom stereocenters. The summed E-state index contributed by atoms with van der Waals surface area (Å²) in [6.07, 6.45) is 0. The number of benzene rings is 2. The molecule has 2 aromatic carbocycles. The number of hydrogen-bond donors (Lipinski definition) is 0. The maximum absolute atomic E-state index is 6.05. The lowest BCUT2D eigenvalue weighted by atomic mass is 10.0. The fraction of sp³-hybridized carbons (Fsp3) is 0.143. The lowest BCUT2D eigenvalue weighted by Crippen LogP contribution is -1.95. The summed E-state index contributed by atoms with van der Waals surface area (Å²) in [7, 11) is 0. The number of alkyl halides is 1. The number of halogens is 4. The highest BCUT2D eigenvalue weighted by molar-refractivity contribution is 9.11. The van der Waals surface area contributed by atoms with E-state index in [4.69, 9.17) is 23.2 Å². The minimum atomic E-state index is 0.0848. The Morgan fingerprint density at radius 1 is 1.06 bits per heavy atom. The molecule has 0 fully saturated rings. The number of aryl methyl sites for hydroxylation is 1. The summed E-state index contributed by atoms with van der Waals surface area (Å²) >= 11 is 19.3. The van der Waals surface area contributed by atoms with E-state index in [1.54, 1.807) is 0 Å². The van der Waals surface area contributed by atoms with E-state index in [0.29, 0.717) is 10.0 Å². The molecule has 0 aliphatic carbocycles. The van der Waals surface area contributed by atoms with Gasteiger partial charge in [0.05, 0.1) is 14.9 Å². The van der Waals surface area contributed by atoms with Crippen molar-refractivity contribution in [3.63, 3.8) is 0 Å². The minimum Gasteiger partial charge on any atom is -0.0827 e. The standard InChI is InChI=1S/C14H10Br2Cl2/c1-8-3-2-4-10(13(8)15)14(16)9-5-6-11(17)12(18)7-9/h2-7,14H,1H3. The van der Waals surface area contributed by atoms with Gasteiger partial charge >= 0.3 is 0 Å².